The van der Waals surface area contributed by atoms with Crippen LogP contribution in [-0.4, -0.2) is 69.3 Å². The normalized spacial score (nSPS) is 13.9. The van der Waals surface area contributed by atoms with Crippen LogP contribution < -0.4 is 16.4 Å². The quantitative estimate of drug-likeness (QED) is 0.114. The first kappa shape index (κ1) is 41.2. The van der Waals surface area contributed by atoms with Gasteiger partial charge in [0.2, 0.25) is 11.8 Å². The van der Waals surface area contributed by atoms with Gasteiger partial charge in [0.1, 0.15) is 19.3 Å². The van der Waals surface area contributed by atoms with Crippen molar-refractivity contribution in [3.63, 3.8) is 0 Å². The van der Waals surface area contributed by atoms with E-state index in [0.29, 0.717) is 11.3 Å². The molecule has 54 heavy (non-hydrogen) atoms. The number of imide groups is 1. The number of nitrogens with one attached hydrogen (secondary N) is 2. The SMILES string of the molecule is CC(C)[C@H](N)C(=O)N(C(=O)OCc1ccccn1)C(Cc1ccccc1)C(O)C(Cc1ccccc1)NC(=O)[C@@H](NC(=O)OCc1ccccc1)C(C)C. The molecule has 5 N–H and O–H groups in total. The van der Waals surface area contributed by atoms with Crippen molar-refractivity contribution < 1.29 is 33.8 Å². The van der Waals surface area contributed by atoms with Gasteiger partial charge in [0.05, 0.1) is 29.9 Å². The molecule has 0 aliphatic rings. The molecule has 0 aliphatic heterocycles. The molecule has 0 aliphatic carbocycles. The molecular weight excluding hydrogens is 686 g/mol. The number of nitrogens with zero attached hydrogens (tertiary/aromatic N) is 2. The summed E-state index contributed by atoms with van der Waals surface area (Å²) in [4.78, 5) is 60.3. The van der Waals surface area contributed by atoms with Crippen molar-refractivity contribution >= 4 is 24.0 Å². The minimum atomic E-state index is -1.54. The predicted octanol–water partition coefficient (Wildman–Crippen LogP) is 5.18. The van der Waals surface area contributed by atoms with Gasteiger partial charge < -0.3 is 30.9 Å². The van der Waals surface area contributed by atoms with Gasteiger partial charge in [-0.05, 0) is 53.5 Å². The van der Waals surface area contributed by atoms with Gasteiger partial charge in [-0.15, -0.1) is 0 Å². The Labute approximate surface area is 317 Å². The van der Waals surface area contributed by atoms with Crippen LogP contribution in [0, 0.1) is 11.8 Å². The molecular formula is C42H51N5O7. The van der Waals surface area contributed by atoms with Gasteiger partial charge in [-0.2, -0.15) is 0 Å². The number of pyridine rings is 1. The molecule has 0 bridgehead atoms. The number of carbonyl (C=O) groups is 4. The van der Waals surface area contributed by atoms with Crippen LogP contribution in [0.25, 0.3) is 0 Å². The van der Waals surface area contributed by atoms with E-state index in [1.807, 2.05) is 91.0 Å². The second-order valence-corrected chi connectivity index (χ2v) is 13.8. The summed E-state index contributed by atoms with van der Waals surface area (Å²) in [6.45, 7) is 6.83. The highest BCUT2D eigenvalue weighted by Crippen LogP contribution is 2.22. The van der Waals surface area contributed by atoms with Gasteiger partial charge in [0, 0.05) is 6.20 Å². The maximum Gasteiger partial charge on any atom is 0.417 e. The van der Waals surface area contributed by atoms with Gasteiger partial charge in [-0.25, -0.2) is 14.5 Å². The van der Waals surface area contributed by atoms with Gasteiger partial charge in [-0.3, -0.25) is 14.6 Å². The van der Waals surface area contributed by atoms with Crippen LogP contribution in [0.3, 0.4) is 0 Å². The lowest BCUT2D eigenvalue weighted by atomic mass is 9.90. The van der Waals surface area contributed by atoms with Crippen molar-refractivity contribution in [3.8, 4) is 0 Å². The zero-order chi connectivity index (χ0) is 39.0. The summed E-state index contributed by atoms with van der Waals surface area (Å²) in [6.07, 6.45) is -1.67. The van der Waals surface area contributed by atoms with Crippen LogP contribution in [0.2, 0.25) is 0 Å². The summed E-state index contributed by atoms with van der Waals surface area (Å²) in [5, 5.41) is 18.1. The average molecular weight is 738 g/mol. The minimum Gasteiger partial charge on any atom is -0.445 e. The molecule has 4 aromatic rings. The van der Waals surface area contributed by atoms with Gasteiger partial charge in [-0.1, -0.05) is 125 Å². The topological polar surface area (TPSA) is 173 Å². The van der Waals surface area contributed by atoms with E-state index in [1.165, 1.54) is 0 Å². The third-order valence-electron chi connectivity index (χ3n) is 8.99. The monoisotopic (exact) mass is 737 g/mol. The Morgan fingerprint density at radius 3 is 1.80 bits per heavy atom. The first-order chi connectivity index (χ1) is 25.9. The van der Waals surface area contributed by atoms with Gasteiger partial charge in [0.25, 0.3) is 0 Å². The number of amides is 4. The lowest BCUT2D eigenvalue weighted by Crippen LogP contribution is -2.63. The molecule has 5 atom stereocenters. The van der Waals surface area contributed by atoms with E-state index in [1.54, 1.807) is 52.1 Å². The molecule has 4 rings (SSSR count). The van der Waals surface area contributed by atoms with Gasteiger partial charge in [0.15, 0.2) is 0 Å². The molecule has 286 valence electrons. The number of nitrogens with two attached hydrogens (primary N) is 1. The first-order valence-corrected chi connectivity index (χ1v) is 18.1. The molecule has 4 amide bonds. The molecule has 0 radical (unpaired) electrons. The van der Waals surface area contributed by atoms with Crippen LogP contribution in [0.5, 0.6) is 0 Å². The second kappa shape index (κ2) is 20.6. The zero-order valence-corrected chi connectivity index (χ0v) is 31.2. The standard InChI is InChI=1S/C42H51N5O7/c1-28(2)36(43)40(50)47(42(52)54-27-33-22-14-15-23-44-33)35(25-31-18-10-6-11-19-31)38(48)34(24-30-16-8-5-9-17-30)45-39(49)37(29(3)4)46-41(51)53-26-32-20-12-7-13-21-32/h5-23,28-29,34-38,48H,24-27,43H2,1-4H3,(H,45,49)(H,46,51)/t34?,35?,36-,37-,38?/m0/s1. The minimum absolute atomic E-state index is 0.00836. The largest absolute Gasteiger partial charge is 0.445 e. The maximum atomic E-state index is 14.2. The van der Waals surface area contributed by atoms with E-state index in [0.717, 1.165) is 16.0 Å². The van der Waals surface area contributed by atoms with Gasteiger partial charge >= 0.3 is 12.2 Å². The summed E-state index contributed by atoms with van der Waals surface area (Å²) in [6, 6.07) is 28.1. The van der Waals surface area contributed by atoms with Crippen molar-refractivity contribution in [2.45, 2.75) is 84.0 Å². The third kappa shape index (κ3) is 12.2. The predicted molar refractivity (Wildman–Crippen MR) is 204 cm³/mol. The summed E-state index contributed by atoms with van der Waals surface area (Å²) in [7, 11) is 0. The number of aliphatic hydroxyl groups is 1. The van der Waals surface area contributed by atoms with E-state index in [2.05, 4.69) is 15.6 Å². The Morgan fingerprint density at radius 2 is 1.26 bits per heavy atom. The fraction of sp³-hybridized carbons (Fsp3) is 0.357. The molecule has 3 aromatic carbocycles. The summed E-state index contributed by atoms with van der Waals surface area (Å²) < 4.78 is 11.0. The molecule has 0 saturated heterocycles. The Kier molecular flexibility index (Phi) is 15.7. The molecule has 0 spiro atoms. The second-order valence-electron chi connectivity index (χ2n) is 13.8. The summed E-state index contributed by atoms with van der Waals surface area (Å²) in [5.74, 6) is -2.08. The molecule has 1 aromatic heterocycles. The number of benzene rings is 3. The van der Waals surface area contributed by atoms with Crippen molar-refractivity contribution in [3.05, 3.63) is 138 Å². The van der Waals surface area contributed by atoms with Crippen molar-refractivity contribution in [1.29, 1.82) is 0 Å². The van der Waals surface area contributed by atoms with Crippen LogP contribution in [0.15, 0.2) is 115 Å². The number of hydrogen-bond acceptors (Lipinski definition) is 9. The Balaban J connectivity index is 1.69. The van der Waals surface area contributed by atoms with Crippen molar-refractivity contribution in [2.75, 3.05) is 0 Å². The number of alkyl carbamates (subject to hydrolysis) is 1. The highest BCUT2D eigenvalue weighted by atomic mass is 16.6. The number of hydrogen-bond donors (Lipinski definition) is 4. The lowest BCUT2D eigenvalue weighted by molar-refractivity contribution is -0.137. The molecule has 0 saturated carbocycles. The number of carbonyl (C=O) groups excluding carboxylic acids is 4. The Hall–Kier alpha value is -5.59. The molecule has 12 heteroatoms. The lowest BCUT2D eigenvalue weighted by Gasteiger charge is -2.38. The van der Waals surface area contributed by atoms with E-state index >= 15 is 0 Å². The first-order valence-electron chi connectivity index (χ1n) is 18.1. The third-order valence-corrected chi connectivity index (χ3v) is 8.99. The zero-order valence-electron chi connectivity index (χ0n) is 31.2. The fourth-order valence-corrected chi connectivity index (χ4v) is 5.84. The molecule has 1 heterocycles. The van der Waals surface area contributed by atoms with Crippen LogP contribution in [0.1, 0.15) is 50.1 Å². The fourth-order valence-electron chi connectivity index (χ4n) is 5.84. The molecule has 3 unspecified atom stereocenters. The van der Waals surface area contributed by atoms with E-state index in [-0.39, 0.29) is 37.9 Å². The number of aromatic nitrogens is 1. The number of aliphatic hydroxyl groups excluding tert-OH is 1. The van der Waals surface area contributed by atoms with E-state index < -0.39 is 54.3 Å². The molecule has 12 nitrogen and oxygen atoms in total. The Bertz CT molecular complexity index is 1760. The summed E-state index contributed by atoms with van der Waals surface area (Å²) >= 11 is 0. The van der Waals surface area contributed by atoms with Crippen LogP contribution >= 0.6 is 0 Å². The summed E-state index contributed by atoms with van der Waals surface area (Å²) in [5.41, 5.74) is 9.10. The van der Waals surface area contributed by atoms with E-state index in [4.69, 9.17) is 15.2 Å². The maximum absolute atomic E-state index is 14.2. The van der Waals surface area contributed by atoms with Crippen LogP contribution in [0.4, 0.5) is 9.59 Å². The smallest absolute Gasteiger partial charge is 0.417 e. The number of rotatable bonds is 17. The van der Waals surface area contributed by atoms with E-state index in [9.17, 15) is 24.3 Å². The highest BCUT2D eigenvalue weighted by molar-refractivity contribution is 5.95. The van der Waals surface area contributed by atoms with Crippen molar-refractivity contribution in [1.82, 2.24) is 20.5 Å². The van der Waals surface area contributed by atoms with Crippen molar-refractivity contribution in [2.24, 2.45) is 17.6 Å². The Morgan fingerprint density at radius 1 is 0.704 bits per heavy atom. The number of ether oxygens (including phenoxy) is 2. The average Bonchev–Trinajstić information content (AvgIpc) is 3.18. The highest BCUT2D eigenvalue weighted by Gasteiger charge is 2.42. The molecule has 0 fully saturated rings. The van der Waals surface area contributed by atoms with Crippen LogP contribution in [-0.2, 0) is 45.1 Å².